The average molecular weight is 324 g/mol. The number of aromatic nitrogens is 2. The molecule has 6 heteroatoms. The second-order valence-electron chi connectivity index (χ2n) is 4.34. The van der Waals surface area contributed by atoms with Gasteiger partial charge in [0.1, 0.15) is 24.0 Å². The van der Waals surface area contributed by atoms with Gasteiger partial charge in [-0.1, -0.05) is 0 Å². The summed E-state index contributed by atoms with van der Waals surface area (Å²) in [5, 5.41) is 3.28. The molecular formula is C13H14BrN3O2. The van der Waals surface area contributed by atoms with Crippen LogP contribution in [0, 0.1) is 0 Å². The first-order valence-corrected chi connectivity index (χ1v) is 6.97. The van der Waals surface area contributed by atoms with E-state index in [1.165, 1.54) is 0 Å². The number of hydrogen-bond acceptors (Lipinski definition) is 5. The van der Waals surface area contributed by atoms with Crippen molar-refractivity contribution in [1.29, 1.82) is 0 Å². The lowest BCUT2D eigenvalue weighted by atomic mass is 10.3. The Morgan fingerprint density at radius 2 is 2.42 bits per heavy atom. The highest BCUT2D eigenvalue weighted by atomic mass is 79.9. The standard InChI is InChI=1S/C13H14BrN3O2/c14-9-5-11-13(17-6-9)12(1-2-16-11)19-8-10-7-15-3-4-18-10/h1-2,5-6,10,15H,3-4,7-8H2. The number of fused-ring (bicyclic) bond motifs is 1. The maximum atomic E-state index is 5.82. The van der Waals surface area contributed by atoms with Gasteiger partial charge in [0.15, 0.2) is 0 Å². The molecule has 0 aliphatic carbocycles. The first kappa shape index (κ1) is 12.8. The summed E-state index contributed by atoms with van der Waals surface area (Å²) in [6.45, 7) is 2.98. The molecule has 1 saturated heterocycles. The van der Waals surface area contributed by atoms with E-state index in [1.807, 2.05) is 12.1 Å². The molecule has 100 valence electrons. The van der Waals surface area contributed by atoms with Crippen molar-refractivity contribution in [3.63, 3.8) is 0 Å². The highest BCUT2D eigenvalue weighted by Crippen LogP contribution is 2.24. The Morgan fingerprint density at radius 3 is 3.26 bits per heavy atom. The molecule has 0 bridgehead atoms. The van der Waals surface area contributed by atoms with Gasteiger partial charge in [0, 0.05) is 36.0 Å². The summed E-state index contributed by atoms with van der Waals surface area (Å²) < 4.78 is 12.3. The van der Waals surface area contributed by atoms with E-state index in [0.29, 0.717) is 6.61 Å². The Balaban J connectivity index is 1.76. The Kier molecular flexibility index (Phi) is 3.91. The molecule has 2 aromatic heterocycles. The number of halogens is 1. The molecule has 1 atom stereocenters. The second-order valence-corrected chi connectivity index (χ2v) is 5.25. The summed E-state index contributed by atoms with van der Waals surface area (Å²) in [6.07, 6.45) is 3.56. The molecule has 1 aliphatic heterocycles. The molecule has 1 unspecified atom stereocenters. The van der Waals surface area contributed by atoms with E-state index in [0.717, 1.165) is 41.0 Å². The van der Waals surface area contributed by atoms with Gasteiger partial charge in [-0.25, -0.2) is 4.98 Å². The van der Waals surface area contributed by atoms with Gasteiger partial charge in [0.25, 0.3) is 0 Å². The highest BCUT2D eigenvalue weighted by Gasteiger charge is 2.15. The molecule has 2 aromatic rings. The second kappa shape index (κ2) is 5.81. The Bertz CT molecular complexity index is 573. The van der Waals surface area contributed by atoms with Crippen molar-refractivity contribution in [2.75, 3.05) is 26.3 Å². The van der Waals surface area contributed by atoms with Gasteiger partial charge in [-0.2, -0.15) is 0 Å². The third-order valence-corrected chi connectivity index (χ3v) is 3.37. The molecular weight excluding hydrogens is 310 g/mol. The van der Waals surface area contributed by atoms with Crippen LogP contribution < -0.4 is 10.1 Å². The molecule has 1 N–H and O–H groups in total. The van der Waals surface area contributed by atoms with Gasteiger partial charge in [0.05, 0.1) is 12.1 Å². The van der Waals surface area contributed by atoms with E-state index in [2.05, 4.69) is 31.2 Å². The smallest absolute Gasteiger partial charge is 0.148 e. The van der Waals surface area contributed by atoms with E-state index in [9.17, 15) is 0 Å². The largest absolute Gasteiger partial charge is 0.488 e. The molecule has 5 nitrogen and oxygen atoms in total. The fourth-order valence-corrected chi connectivity index (χ4v) is 2.33. The summed E-state index contributed by atoms with van der Waals surface area (Å²) in [4.78, 5) is 8.63. The van der Waals surface area contributed by atoms with Crippen LogP contribution in [0.25, 0.3) is 11.0 Å². The Morgan fingerprint density at radius 1 is 1.47 bits per heavy atom. The lowest BCUT2D eigenvalue weighted by Gasteiger charge is -2.23. The van der Waals surface area contributed by atoms with E-state index in [4.69, 9.17) is 9.47 Å². The van der Waals surface area contributed by atoms with Gasteiger partial charge >= 0.3 is 0 Å². The topological polar surface area (TPSA) is 56.3 Å². The van der Waals surface area contributed by atoms with Crippen molar-refractivity contribution < 1.29 is 9.47 Å². The maximum absolute atomic E-state index is 5.82. The Labute approximate surface area is 119 Å². The fraction of sp³-hybridized carbons (Fsp3) is 0.385. The van der Waals surface area contributed by atoms with Crippen LogP contribution in [0.4, 0.5) is 0 Å². The van der Waals surface area contributed by atoms with Crippen molar-refractivity contribution >= 4 is 27.0 Å². The Hall–Kier alpha value is -1.24. The predicted octanol–water partition coefficient (Wildman–Crippen LogP) is 1.76. The molecule has 0 radical (unpaired) electrons. The fourth-order valence-electron chi connectivity index (χ4n) is 2.01. The lowest BCUT2D eigenvalue weighted by molar-refractivity contribution is 0.000465. The van der Waals surface area contributed by atoms with Gasteiger partial charge < -0.3 is 14.8 Å². The zero-order valence-electron chi connectivity index (χ0n) is 10.3. The normalized spacial score (nSPS) is 19.5. The number of ether oxygens (including phenoxy) is 2. The van der Waals surface area contributed by atoms with E-state index < -0.39 is 0 Å². The zero-order chi connectivity index (χ0) is 13.1. The molecule has 1 fully saturated rings. The summed E-state index contributed by atoms with van der Waals surface area (Å²) in [5.41, 5.74) is 1.59. The van der Waals surface area contributed by atoms with Gasteiger partial charge in [-0.3, -0.25) is 4.98 Å². The quantitative estimate of drug-likeness (QED) is 0.932. The molecule has 0 aromatic carbocycles. The van der Waals surface area contributed by atoms with Gasteiger partial charge in [-0.15, -0.1) is 0 Å². The first-order chi connectivity index (χ1) is 9.33. The molecule has 3 rings (SSSR count). The van der Waals surface area contributed by atoms with Crippen molar-refractivity contribution in [1.82, 2.24) is 15.3 Å². The summed E-state index contributed by atoms with van der Waals surface area (Å²) in [7, 11) is 0. The third-order valence-electron chi connectivity index (χ3n) is 2.94. The summed E-state index contributed by atoms with van der Waals surface area (Å²) >= 11 is 3.39. The van der Waals surface area contributed by atoms with Crippen LogP contribution in [-0.2, 0) is 4.74 Å². The van der Waals surface area contributed by atoms with E-state index in [1.54, 1.807) is 12.4 Å². The number of nitrogens with one attached hydrogen (secondary N) is 1. The number of nitrogens with zero attached hydrogens (tertiary/aromatic N) is 2. The lowest BCUT2D eigenvalue weighted by Crippen LogP contribution is -2.41. The third kappa shape index (κ3) is 3.02. The SMILES string of the molecule is Brc1cnc2c(OCC3CNCCO3)ccnc2c1. The van der Waals surface area contributed by atoms with E-state index in [-0.39, 0.29) is 6.10 Å². The number of pyridine rings is 2. The average Bonchev–Trinajstić information content (AvgIpc) is 2.45. The van der Waals surface area contributed by atoms with Gasteiger partial charge in [-0.05, 0) is 22.0 Å². The molecule has 0 amide bonds. The van der Waals surface area contributed by atoms with Crippen molar-refractivity contribution in [3.8, 4) is 5.75 Å². The first-order valence-electron chi connectivity index (χ1n) is 6.18. The number of hydrogen-bond donors (Lipinski definition) is 1. The molecule has 19 heavy (non-hydrogen) atoms. The molecule has 0 spiro atoms. The van der Waals surface area contributed by atoms with Crippen LogP contribution in [0.15, 0.2) is 29.0 Å². The van der Waals surface area contributed by atoms with Crippen LogP contribution in [0.3, 0.4) is 0 Å². The number of morpholine rings is 1. The van der Waals surface area contributed by atoms with Crippen LogP contribution in [-0.4, -0.2) is 42.4 Å². The van der Waals surface area contributed by atoms with Gasteiger partial charge in [0.2, 0.25) is 0 Å². The van der Waals surface area contributed by atoms with Crippen LogP contribution in [0.1, 0.15) is 0 Å². The van der Waals surface area contributed by atoms with Crippen molar-refractivity contribution in [3.05, 3.63) is 29.0 Å². The number of rotatable bonds is 3. The zero-order valence-corrected chi connectivity index (χ0v) is 11.9. The minimum atomic E-state index is 0.0902. The summed E-state index contributed by atoms with van der Waals surface area (Å²) in [6, 6.07) is 3.76. The van der Waals surface area contributed by atoms with Crippen molar-refractivity contribution in [2.24, 2.45) is 0 Å². The maximum Gasteiger partial charge on any atom is 0.148 e. The highest BCUT2D eigenvalue weighted by molar-refractivity contribution is 9.10. The molecule has 0 saturated carbocycles. The van der Waals surface area contributed by atoms with Crippen LogP contribution in [0.2, 0.25) is 0 Å². The molecule has 1 aliphatic rings. The monoisotopic (exact) mass is 323 g/mol. The summed E-state index contributed by atoms with van der Waals surface area (Å²) in [5.74, 6) is 0.742. The van der Waals surface area contributed by atoms with E-state index >= 15 is 0 Å². The minimum Gasteiger partial charge on any atom is -0.488 e. The predicted molar refractivity (Wildman–Crippen MR) is 75.3 cm³/mol. The van der Waals surface area contributed by atoms with Crippen LogP contribution >= 0.6 is 15.9 Å². The van der Waals surface area contributed by atoms with Crippen LogP contribution in [0.5, 0.6) is 5.75 Å². The minimum absolute atomic E-state index is 0.0902. The molecule has 3 heterocycles. The van der Waals surface area contributed by atoms with Crippen molar-refractivity contribution in [2.45, 2.75) is 6.10 Å².